The van der Waals surface area contributed by atoms with Gasteiger partial charge >= 0.3 is 13.3 Å². The van der Waals surface area contributed by atoms with E-state index in [1.807, 2.05) is 0 Å². The normalized spacial score (nSPS) is 17.9. The van der Waals surface area contributed by atoms with Gasteiger partial charge in [0, 0.05) is 12.7 Å². The van der Waals surface area contributed by atoms with Gasteiger partial charge in [-0.3, -0.25) is 9.59 Å². The lowest BCUT2D eigenvalue weighted by molar-refractivity contribution is -0.137. The van der Waals surface area contributed by atoms with Crippen molar-refractivity contribution in [1.29, 1.82) is 0 Å². The number of nitrogens with one attached hydrogen (secondary N) is 2. The summed E-state index contributed by atoms with van der Waals surface area (Å²) >= 11 is 0. The standard InChI is InChI=1S/C14H18BF3N4O4/c1-8(15(25)26)21-12(23)7-20-13(24)10-4-5-22(10)11-3-2-9(6-19-11)14(16,17)18/h2-3,6,8,10,25-26H,4-5,7H2,1H3,(H,20,24)(H,21,23)/t8?,10-/m0/s1. The molecule has 0 aromatic carbocycles. The van der Waals surface area contributed by atoms with Gasteiger partial charge in [-0.2, -0.15) is 13.2 Å². The van der Waals surface area contributed by atoms with E-state index in [1.165, 1.54) is 17.9 Å². The van der Waals surface area contributed by atoms with E-state index in [9.17, 15) is 22.8 Å². The second-order valence-corrected chi connectivity index (χ2v) is 5.89. The van der Waals surface area contributed by atoms with E-state index in [-0.39, 0.29) is 12.4 Å². The quantitative estimate of drug-likeness (QED) is 0.491. The number of anilines is 1. The molecule has 2 atom stereocenters. The molecule has 1 saturated heterocycles. The number of halogens is 3. The summed E-state index contributed by atoms with van der Waals surface area (Å²) in [6.07, 6.45) is -3.30. The summed E-state index contributed by atoms with van der Waals surface area (Å²) in [7, 11) is -1.72. The van der Waals surface area contributed by atoms with Crippen molar-refractivity contribution in [2.24, 2.45) is 0 Å². The van der Waals surface area contributed by atoms with Crippen LogP contribution in [0.25, 0.3) is 0 Å². The monoisotopic (exact) mass is 374 g/mol. The van der Waals surface area contributed by atoms with Crippen molar-refractivity contribution in [2.45, 2.75) is 31.5 Å². The lowest BCUT2D eigenvalue weighted by Gasteiger charge is -2.40. The number of carbonyl (C=O) groups excluding carboxylic acids is 2. The highest BCUT2D eigenvalue weighted by Crippen LogP contribution is 2.31. The molecule has 4 N–H and O–H groups in total. The SMILES string of the molecule is CC(NC(=O)CNC(=O)[C@@H]1CCN1c1ccc(C(F)(F)F)cn1)B(O)O. The minimum absolute atomic E-state index is 0.242. The molecule has 2 heterocycles. The fourth-order valence-corrected chi connectivity index (χ4v) is 2.32. The summed E-state index contributed by atoms with van der Waals surface area (Å²) in [5.41, 5.74) is -0.875. The third-order valence-corrected chi connectivity index (χ3v) is 3.95. The van der Waals surface area contributed by atoms with Crippen LogP contribution < -0.4 is 15.5 Å². The molecule has 12 heteroatoms. The Bertz CT molecular complexity index is 657. The van der Waals surface area contributed by atoms with Gasteiger partial charge in [-0.25, -0.2) is 4.98 Å². The van der Waals surface area contributed by atoms with Gasteiger partial charge in [0.2, 0.25) is 11.8 Å². The number of alkyl halides is 3. The van der Waals surface area contributed by atoms with E-state index >= 15 is 0 Å². The molecule has 1 unspecified atom stereocenters. The molecule has 1 aromatic heterocycles. The number of pyridine rings is 1. The molecule has 142 valence electrons. The number of hydrogen-bond donors (Lipinski definition) is 4. The average Bonchev–Trinajstić information content (AvgIpc) is 2.51. The van der Waals surface area contributed by atoms with Crippen molar-refractivity contribution in [2.75, 3.05) is 18.0 Å². The van der Waals surface area contributed by atoms with E-state index in [0.717, 1.165) is 6.07 Å². The Morgan fingerprint density at radius 3 is 2.58 bits per heavy atom. The van der Waals surface area contributed by atoms with Crippen LogP contribution in [0.15, 0.2) is 18.3 Å². The fourth-order valence-electron chi connectivity index (χ4n) is 2.32. The maximum Gasteiger partial charge on any atom is 0.475 e. The molecular formula is C14H18BF3N4O4. The van der Waals surface area contributed by atoms with Crippen LogP contribution in [0.4, 0.5) is 19.0 Å². The average molecular weight is 374 g/mol. The van der Waals surface area contributed by atoms with E-state index in [2.05, 4.69) is 15.6 Å². The minimum atomic E-state index is -4.48. The number of rotatable bonds is 6. The van der Waals surface area contributed by atoms with Crippen LogP contribution in [-0.2, 0) is 15.8 Å². The Morgan fingerprint density at radius 2 is 2.12 bits per heavy atom. The zero-order chi connectivity index (χ0) is 19.5. The highest BCUT2D eigenvalue weighted by molar-refractivity contribution is 6.43. The second-order valence-electron chi connectivity index (χ2n) is 5.89. The van der Waals surface area contributed by atoms with E-state index in [1.54, 1.807) is 0 Å². The summed E-state index contributed by atoms with van der Waals surface area (Å²) in [6.45, 7) is 1.48. The lowest BCUT2D eigenvalue weighted by Crippen LogP contribution is -2.58. The molecule has 0 saturated carbocycles. The van der Waals surface area contributed by atoms with Crippen LogP contribution in [-0.4, -0.2) is 59.0 Å². The molecule has 0 radical (unpaired) electrons. The smallest absolute Gasteiger partial charge is 0.426 e. The Kier molecular flexibility index (Phi) is 6.08. The number of carbonyl (C=O) groups is 2. The lowest BCUT2D eigenvalue weighted by atomic mass is 9.81. The third kappa shape index (κ3) is 4.85. The number of nitrogens with zero attached hydrogens (tertiary/aromatic N) is 2. The van der Waals surface area contributed by atoms with Crippen molar-refractivity contribution < 1.29 is 32.8 Å². The zero-order valence-electron chi connectivity index (χ0n) is 13.8. The number of aromatic nitrogens is 1. The summed E-state index contributed by atoms with van der Waals surface area (Å²) < 4.78 is 37.7. The summed E-state index contributed by atoms with van der Waals surface area (Å²) in [6, 6.07) is 1.46. The van der Waals surface area contributed by atoms with E-state index < -0.39 is 42.7 Å². The summed E-state index contributed by atoms with van der Waals surface area (Å²) in [5, 5.41) is 22.5. The molecule has 26 heavy (non-hydrogen) atoms. The first-order valence-corrected chi connectivity index (χ1v) is 7.82. The van der Waals surface area contributed by atoms with Gasteiger partial charge in [-0.05, 0) is 25.5 Å². The largest absolute Gasteiger partial charge is 0.475 e. The molecule has 1 fully saturated rings. The van der Waals surface area contributed by atoms with Gasteiger partial charge in [0.15, 0.2) is 0 Å². The van der Waals surface area contributed by atoms with Crippen LogP contribution in [0.3, 0.4) is 0 Å². The summed E-state index contributed by atoms with van der Waals surface area (Å²) in [4.78, 5) is 29.0. The van der Waals surface area contributed by atoms with Crippen LogP contribution in [0, 0.1) is 0 Å². The molecule has 2 amide bonds. The van der Waals surface area contributed by atoms with Crippen LogP contribution in [0.5, 0.6) is 0 Å². The van der Waals surface area contributed by atoms with Crippen LogP contribution in [0.2, 0.25) is 0 Å². The molecular weight excluding hydrogens is 356 g/mol. The minimum Gasteiger partial charge on any atom is -0.426 e. The molecule has 0 bridgehead atoms. The van der Waals surface area contributed by atoms with E-state index in [0.29, 0.717) is 19.2 Å². The number of hydrogen-bond acceptors (Lipinski definition) is 6. The van der Waals surface area contributed by atoms with Crippen molar-refractivity contribution >= 4 is 24.8 Å². The van der Waals surface area contributed by atoms with Gasteiger partial charge in [-0.15, -0.1) is 0 Å². The van der Waals surface area contributed by atoms with Gasteiger partial charge in [0.25, 0.3) is 0 Å². The topological polar surface area (TPSA) is 115 Å². The molecule has 1 aliphatic rings. The van der Waals surface area contributed by atoms with Crippen molar-refractivity contribution in [3.05, 3.63) is 23.9 Å². The third-order valence-electron chi connectivity index (χ3n) is 3.95. The van der Waals surface area contributed by atoms with Gasteiger partial charge < -0.3 is 25.6 Å². The maximum atomic E-state index is 12.6. The molecule has 2 rings (SSSR count). The Morgan fingerprint density at radius 1 is 1.42 bits per heavy atom. The van der Waals surface area contributed by atoms with Crippen molar-refractivity contribution in [1.82, 2.24) is 15.6 Å². The highest BCUT2D eigenvalue weighted by atomic mass is 19.4. The maximum absolute atomic E-state index is 12.6. The zero-order valence-corrected chi connectivity index (χ0v) is 13.8. The number of amides is 2. The van der Waals surface area contributed by atoms with Gasteiger partial charge in [0.05, 0.1) is 18.0 Å². The highest BCUT2D eigenvalue weighted by Gasteiger charge is 2.36. The predicted molar refractivity (Wildman–Crippen MR) is 85.8 cm³/mol. The van der Waals surface area contributed by atoms with Gasteiger partial charge in [-0.1, -0.05) is 0 Å². The first-order chi connectivity index (χ1) is 12.1. The Balaban J connectivity index is 1.88. The second kappa shape index (κ2) is 7.91. The van der Waals surface area contributed by atoms with Crippen LogP contribution in [0.1, 0.15) is 18.9 Å². The summed E-state index contributed by atoms with van der Waals surface area (Å²) in [5.74, 6) is -1.72. The fraction of sp³-hybridized carbons (Fsp3) is 0.500. The Hall–Kier alpha value is -2.34. The molecule has 1 aromatic rings. The molecule has 0 spiro atoms. The molecule has 0 aliphatic carbocycles. The van der Waals surface area contributed by atoms with Gasteiger partial charge in [0.1, 0.15) is 11.9 Å². The first-order valence-electron chi connectivity index (χ1n) is 7.82. The van der Waals surface area contributed by atoms with Crippen LogP contribution >= 0.6 is 0 Å². The van der Waals surface area contributed by atoms with Crippen molar-refractivity contribution in [3.8, 4) is 0 Å². The predicted octanol–water partition coefficient (Wildman–Crippen LogP) is -0.688. The van der Waals surface area contributed by atoms with Crippen molar-refractivity contribution in [3.63, 3.8) is 0 Å². The Labute approximate surface area is 147 Å². The molecule has 1 aliphatic heterocycles. The first kappa shape index (κ1) is 20.0. The molecule has 8 nitrogen and oxygen atoms in total. The van der Waals surface area contributed by atoms with E-state index in [4.69, 9.17) is 10.0 Å².